The highest BCUT2D eigenvalue weighted by atomic mass is 32.1. The predicted octanol–water partition coefficient (Wildman–Crippen LogP) is 3.74. The molecule has 2 aromatic heterocycles. The quantitative estimate of drug-likeness (QED) is 0.487. The molecule has 0 fully saturated rings. The fraction of sp³-hybridized carbons (Fsp3) is 0.333. The van der Waals surface area contributed by atoms with Crippen molar-refractivity contribution in [1.82, 2.24) is 4.98 Å². The van der Waals surface area contributed by atoms with Crippen LogP contribution in [0.15, 0.2) is 29.0 Å². The van der Waals surface area contributed by atoms with Gasteiger partial charge >= 0.3 is 11.9 Å². The number of nitrogens with zero attached hydrogens (tertiary/aromatic N) is 1. The van der Waals surface area contributed by atoms with Crippen molar-refractivity contribution in [3.05, 3.63) is 46.2 Å². The molecular weight excluding hydrogens is 408 g/mol. The van der Waals surface area contributed by atoms with Crippen molar-refractivity contribution in [2.75, 3.05) is 19.0 Å². The molecule has 30 heavy (non-hydrogen) atoms. The second-order valence-corrected chi connectivity index (χ2v) is 7.99. The molecule has 0 radical (unpaired) electrons. The van der Waals surface area contributed by atoms with Gasteiger partial charge in [-0.2, -0.15) is 0 Å². The minimum atomic E-state index is -0.681. The fourth-order valence-electron chi connectivity index (χ4n) is 3.57. The first-order valence-corrected chi connectivity index (χ1v) is 10.4. The van der Waals surface area contributed by atoms with Gasteiger partial charge in [-0.3, -0.25) is 4.79 Å². The lowest BCUT2D eigenvalue weighted by Crippen LogP contribution is -2.22. The Morgan fingerprint density at radius 1 is 1.17 bits per heavy atom. The number of anilines is 1. The Morgan fingerprint density at radius 3 is 2.83 bits per heavy atom. The van der Waals surface area contributed by atoms with Crippen molar-refractivity contribution < 1.29 is 28.3 Å². The normalized spacial score (nSPS) is 13.4. The van der Waals surface area contributed by atoms with Gasteiger partial charge in [0, 0.05) is 4.88 Å². The summed E-state index contributed by atoms with van der Waals surface area (Å²) in [7, 11) is 1.32. The van der Waals surface area contributed by atoms with Gasteiger partial charge in [0.15, 0.2) is 18.6 Å². The number of carbonyl (C=O) groups excluding carboxylic acids is 3. The number of hydrogen-bond acceptors (Lipinski definition) is 8. The molecule has 156 valence electrons. The third-order valence-corrected chi connectivity index (χ3v) is 6.19. The van der Waals surface area contributed by atoms with E-state index in [1.807, 2.05) is 0 Å². The molecule has 0 atom stereocenters. The number of benzene rings is 1. The van der Waals surface area contributed by atoms with Gasteiger partial charge in [-0.05, 0) is 43.4 Å². The molecule has 4 rings (SSSR count). The summed E-state index contributed by atoms with van der Waals surface area (Å²) in [6.45, 7) is -0.490. The minimum Gasteiger partial charge on any atom is -0.465 e. The third-order valence-electron chi connectivity index (χ3n) is 4.98. The maximum absolute atomic E-state index is 12.4. The second kappa shape index (κ2) is 8.66. The molecular formula is C21H20N2O6S. The molecule has 8 nitrogen and oxygen atoms in total. The van der Waals surface area contributed by atoms with Crippen LogP contribution < -0.4 is 5.32 Å². The second-order valence-electron chi connectivity index (χ2n) is 6.89. The van der Waals surface area contributed by atoms with Gasteiger partial charge in [0.1, 0.15) is 10.5 Å². The van der Waals surface area contributed by atoms with E-state index >= 15 is 0 Å². The van der Waals surface area contributed by atoms with Crippen LogP contribution in [0.1, 0.15) is 50.4 Å². The summed E-state index contributed by atoms with van der Waals surface area (Å²) in [6.07, 6.45) is 6.04. The number of para-hydroxylation sites is 1. The molecule has 3 aromatic rings. The third kappa shape index (κ3) is 3.93. The summed E-state index contributed by atoms with van der Waals surface area (Å²) < 4.78 is 15.2. The minimum absolute atomic E-state index is 0.215. The van der Waals surface area contributed by atoms with Gasteiger partial charge in [0.25, 0.3) is 5.91 Å². The number of esters is 2. The van der Waals surface area contributed by atoms with E-state index in [0.717, 1.165) is 42.5 Å². The number of thiophene rings is 1. The topological polar surface area (TPSA) is 108 Å². The first-order chi connectivity index (χ1) is 14.6. The lowest BCUT2D eigenvalue weighted by molar-refractivity contribution is -0.119. The van der Waals surface area contributed by atoms with Gasteiger partial charge < -0.3 is 19.2 Å². The van der Waals surface area contributed by atoms with Crippen LogP contribution in [0, 0.1) is 0 Å². The average molecular weight is 428 g/mol. The Bertz CT molecular complexity index is 1120. The number of aromatic nitrogens is 1. The van der Waals surface area contributed by atoms with Crippen LogP contribution in [0.25, 0.3) is 11.1 Å². The zero-order valence-corrected chi connectivity index (χ0v) is 17.2. The summed E-state index contributed by atoms with van der Waals surface area (Å²) in [6, 6.07) is 4.88. The molecule has 1 aliphatic carbocycles. The smallest absolute Gasteiger partial charge is 0.341 e. The van der Waals surface area contributed by atoms with Crippen LogP contribution in [-0.2, 0) is 27.1 Å². The van der Waals surface area contributed by atoms with Crippen LogP contribution >= 0.6 is 11.3 Å². The van der Waals surface area contributed by atoms with Crippen molar-refractivity contribution in [1.29, 1.82) is 0 Å². The van der Waals surface area contributed by atoms with E-state index in [9.17, 15) is 14.4 Å². The summed E-state index contributed by atoms with van der Waals surface area (Å²) >= 11 is 1.39. The number of carbonyl (C=O) groups is 3. The molecule has 1 aromatic carbocycles. The van der Waals surface area contributed by atoms with E-state index in [2.05, 4.69) is 10.3 Å². The Kier molecular flexibility index (Phi) is 5.80. The van der Waals surface area contributed by atoms with E-state index in [-0.39, 0.29) is 5.56 Å². The lowest BCUT2D eigenvalue weighted by Gasteiger charge is -2.08. The number of methoxy groups -OCH3 is 1. The Morgan fingerprint density at radius 2 is 2.00 bits per heavy atom. The van der Waals surface area contributed by atoms with Crippen molar-refractivity contribution in [3.8, 4) is 0 Å². The van der Waals surface area contributed by atoms with Gasteiger partial charge in [0.2, 0.25) is 0 Å². The van der Waals surface area contributed by atoms with Gasteiger partial charge in [-0.1, -0.05) is 12.5 Å². The van der Waals surface area contributed by atoms with E-state index in [1.165, 1.54) is 24.8 Å². The molecule has 0 bridgehead atoms. The van der Waals surface area contributed by atoms with Crippen molar-refractivity contribution in [2.45, 2.75) is 32.1 Å². The standard InChI is InChI=1S/C21H20N2O6S/c1-27-21(26)17-12-6-3-2-4-9-15(12)30-19(17)23-16(24)10-28-20(25)13-7-5-8-14-18(13)22-11-29-14/h5,7-8,11H,2-4,6,9-10H2,1H3,(H,23,24). The van der Waals surface area contributed by atoms with E-state index < -0.39 is 24.5 Å². The Hall–Kier alpha value is -3.20. The van der Waals surface area contributed by atoms with Crippen LogP contribution in [0.4, 0.5) is 5.00 Å². The Balaban J connectivity index is 1.47. The SMILES string of the molecule is COC(=O)c1c(NC(=O)COC(=O)c2cccc3ocnc23)sc2c1CCCCC2. The maximum Gasteiger partial charge on any atom is 0.341 e. The monoisotopic (exact) mass is 428 g/mol. The highest BCUT2D eigenvalue weighted by molar-refractivity contribution is 7.17. The molecule has 1 amide bonds. The molecule has 0 spiro atoms. The first kappa shape index (κ1) is 20.1. The molecule has 2 heterocycles. The van der Waals surface area contributed by atoms with Gasteiger partial charge in [-0.25, -0.2) is 14.6 Å². The number of hydrogen-bond donors (Lipinski definition) is 1. The molecule has 9 heteroatoms. The van der Waals surface area contributed by atoms with Crippen molar-refractivity contribution >= 4 is 45.3 Å². The molecule has 0 unspecified atom stereocenters. The highest BCUT2D eigenvalue weighted by Crippen LogP contribution is 2.37. The molecule has 0 saturated heterocycles. The predicted molar refractivity (Wildman–Crippen MR) is 110 cm³/mol. The van der Waals surface area contributed by atoms with E-state index in [4.69, 9.17) is 13.9 Å². The first-order valence-electron chi connectivity index (χ1n) is 9.60. The van der Waals surface area contributed by atoms with Gasteiger partial charge in [-0.15, -0.1) is 11.3 Å². The summed E-state index contributed by atoms with van der Waals surface area (Å²) in [5.41, 5.74) is 2.41. The molecule has 0 saturated carbocycles. The summed E-state index contributed by atoms with van der Waals surface area (Å²) in [5, 5.41) is 3.15. The fourth-order valence-corrected chi connectivity index (χ4v) is 4.87. The van der Waals surface area contributed by atoms with Crippen LogP contribution in [-0.4, -0.2) is 36.5 Å². The average Bonchev–Trinajstić information content (AvgIpc) is 3.29. The lowest BCUT2D eigenvalue weighted by atomic mass is 10.1. The largest absolute Gasteiger partial charge is 0.465 e. The van der Waals surface area contributed by atoms with E-state index in [1.54, 1.807) is 18.2 Å². The maximum atomic E-state index is 12.4. The summed E-state index contributed by atoms with van der Waals surface area (Å²) in [5.74, 6) is -1.68. The number of nitrogens with one attached hydrogen (secondary N) is 1. The highest BCUT2D eigenvalue weighted by Gasteiger charge is 2.26. The number of oxazole rings is 1. The number of ether oxygens (including phenoxy) is 2. The summed E-state index contributed by atoms with van der Waals surface area (Å²) in [4.78, 5) is 42.3. The van der Waals surface area contributed by atoms with Crippen LogP contribution in [0.5, 0.6) is 0 Å². The van der Waals surface area contributed by atoms with Crippen LogP contribution in [0.2, 0.25) is 0 Å². The zero-order valence-electron chi connectivity index (χ0n) is 16.4. The number of fused-ring (bicyclic) bond motifs is 2. The number of amides is 1. The molecule has 1 aliphatic rings. The number of rotatable bonds is 5. The molecule has 1 N–H and O–H groups in total. The van der Waals surface area contributed by atoms with Gasteiger partial charge in [0.05, 0.1) is 18.2 Å². The van der Waals surface area contributed by atoms with Crippen LogP contribution in [0.3, 0.4) is 0 Å². The zero-order chi connectivity index (χ0) is 21.1. The molecule has 0 aliphatic heterocycles. The Labute approximate surface area is 176 Å². The number of aryl methyl sites for hydroxylation is 1. The van der Waals surface area contributed by atoms with E-state index in [0.29, 0.717) is 21.7 Å². The van der Waals surface area contributed by atoms with Crippen molar-refractivity contribution in [2.24, 2.45) is 0 Å². The van der Waals surface area contributed by atoms with Crippen molar-refractivity contribution in [3.63, 3.8) is 0 Å².